The van der Waals surface area contributed by atoms with Gasteiger partial charge in [0.1, 0.15) is 6.61 Å². The van der Waals surface area contributed by atoms with Crippen molar-refractivity contribution in [1.29, 1.82) is 0 Å². The zero-order valence-electron chi connectivity index (χ0n) is 21.4. The van der Waals surface area contributed by atoms with Gasteiger partial charge in [0.05, 0.1) is 36.9 Å². The van der Waals surface area contributed by atoms with Crippen molar-refractivity contribution < 1.29 is 19.1 Å². The second-order valence-corrected chi connectivity index (χ2v) is 10.3. The molecule has 37 heavy (non-hydrogen) atoms. The Bertz CT molecular complexity index is 1300. The van der Waals surface area contributed by atoms with Crippen LogP contribution >= 0.6 is 11.8 Å². The number of allylic oxidation sites excluding steroid dienone is 1. The maximum atomic E-state index is 13.6. The van der Waals surface area contributed by atoms with Crippen LogP contribution in [-0.2, 0) is 25.7 Å². The molecule has 0 saturated carbocycles. The van der Waals surface area contributed by atoms with E-state index in [1.807, 2.05) is 52.5 Å². The van der Waals surface area contributed by atoms with Gasteiger partial charge in [-0.15, -0.1) is 0 Å². The molecule has 3 aliphatic rings. The first-order valence-corrected chi connectivity index (χ1v) is 13.4. The molecule has 0 bridgehead atoms. The molecule has 2 aromatic rings. The summed E-state index contributed by atoms with van der Waals surface area (Å²) in [4.78, 5) is 35.5. The number of rotatable bonds is 6. The van der Waals surface area contributed by atoms with Gasteiger partial charge >= 0.3 is 5.97 Å². The van der Waals surface area contributed by atoms with Crippen molar-refractivity contribution in [3.8, 4) is 0 Å². The lowest BCUT2D eigenvalue weighted by molar-refractivity contribution is -0.141. The molecule has 0 spiro atoms. The Morgan fingerprint density at radius 2 is 1.84 bits per heavy atom. The number of hydrogen-bond acceptors (Lipinski definition) is 7. The van der Waals surface area contributed by atoms with Crippen molar-refractivity contribution in [2.24, 2.45) is 4.99 Å². The van der Waals surface area contributed by atoms with Crippen LogP contribution in [0.15, 0.2) is 75.9 Å². The fourth-order valence-corrected chi connectivity index (χ4v) is 5.90. The lowest BCUT2D eigenvalue weighted by Crippen LogP contribution is -2.42. The maximum Gasteiger partial charge on any atom is 0.338 e. The van der Waals surface area contributed by atoms with E-state index in [4.69, 9.17) is 14.5 Å². The molecule has 0 N–H and O–H groups in total. The predicted molar refractivity (Wildman–Crippen MR) is 145 cm³/mol. The van der Waals surface area contributed by atoms with Crippen LogP contribution in [0.2, 0.25) is 0 Å². The Morgan fingerprint density at radius 1 is 1.08 bits per heavy atom. The Hall–Kier alpha value is -3.36. The number of thioether (sulfide) groups is 1. The van der Waals surface area contributed by atoms with Gasteiger partial charge in [-0.25, -0.2) is 9.79 Å². The number of aliphatic imine (C=N–C) groups is 1. The van der Waals surface area contributed by atoms with E-state index in [-0.39, 0.29) is 18.9 Å². The molecule has 0 aliphatic carbocycles. The predicted octanol–water partition coefficient (Wildman–Crippen LogP) is 4.87. The van der Waals surface area contributed by atoms with Crippen molar-refractivity contribution >= 4 is 28.8 Å². The van der Waals surface area contributed by atoms with E-state index in [0.717, 1.165) is 33.1 Å². The standard InChI is InChI=1S/C29H31N3O4S/c1-19-9-10-24(20(2)15-19)27-26(28(34)36-17-22-7-5-4-6-8-22)21(3)30-29-32(27)23(18-37-29)16-25(33)31-11-13-35-14-12-31/h4-10,15,18,27H,11-14,16-17H2,1-3H3. The van der Waals surface area contributed by atoms with Crippen molar-refractivity contribution in [2.45, 2.75) is 39.8 Å². The number of hydrogen-bond donors (Lipinski definition) is 0. The average Bonchev–Trinajstić information content (AvgIpc) is 3.29. The quantitative estimate of drug-likeness (QED) is 0.509. The molecule has 1 fully saturated rings. The van der Waals surface area contributed by atoms with E-state index >= 15 is 0 Å². The summed E-state index contributed by atoms with van der Waals surface area (Å²) in [5.74, 6) is -0.347. The van der Waals surface area contributed by atoms with Gasteiger partial charge in [-0.3, -0.25) is 4.79 Å². The van der Waals surface area contributed by atoms with E-state index in [2.05, 4.69) is 32.0 Å². The molecule has 1 saturated heterocycles. The van der Waals surface area contributed by atoms with E-state index in [1.165, 1.54) is 11.8 Å². The fraction of sp³-hybridized carbons (Fsp3) is 0.345. The number of morpholine rings is 1. The summed E-state index contributed by atoms with van der Waals surface area (Å²) in [7, 11) is 0. The van der Waals surface area contributed by atoms with E-state index < -0.39 is 12.0 Å². The summed E-state index contributed by atoms with van der Waals surface area (Å²) in [5.41, 5.74) is 6.11. The molecule has 3 heterocycles. The molecular weight excluding hydrogens is 486 g/mol. The highest BCUT2D eigenvalue weighted by Gasteiger charge is 2.42. The monoisotopic (exact) mass is 517 g/mol. The van der Waals surface area contributed by atoms with Gasteiger partial charge < -0.3 is 19.3 Å². The molecule has 1 amide bonds. The van der Waals surface area contributed by atoms with Gasteiger partial charge in [0.15, 0.2) is 5.17 Å². The topological polar surface area (TPSA) is 71.4 Å². The van der Waals surface area contributed by atoms with Crippen LogP contribution < -0.4 is 0 Å². The van der Waals surface area contributed by atoms with Gasteiger partial charge in [-0.05, 0) is 42.9 Å². The van der Waals surface area contributed by atoms with Gasteiger partial charge in [0.2, 0.25) is 5.91 Å². The maximum absolute atomic E-state index is 13.6. The number of esters is 1. The third-order valence-corrected chi connectivity index (χ3v) is 7.74. The van der Waals surface area contributed by atoms with Gasteiger partial charge in [0, 0.05) is 18.8 Å². The van der Waals surface area contributed by atoms with Gasteiger partial charge in [-0.1, -0.05) is 65.9 Å². The Morgan fingerprint density at radius 3 is 2.57 bits per heavy atom. The minimum Gasteiger partial charge on any atom is -0.457 e. The summed E-state index contributed by atoms with van der Waals surface area (Å²) < 4.78 is 11.2. The van der Waals surface area contributed by atoms with Gasteiger partial charge in [0.25, 0.3) is 0 Å². The molecule has 192 valence electrons. The molecule has 0 aromatic heterocycles. The highest BCUT2D eigenvalue weighted by Crippen LogP contribution is 2.45. The first-order chi connectivity index (χ1) is 17.9. The van der Waals surface area contributed by atoms with Crippen molar-refractivity contribution in [2.75, 3.05) is 26.3 Å². The third kappa shape index (κ3) is 5.36. The molecule has 1 atom stereocenters. The number of carbonyl (C=O) groups excluding carboxylic acids is 2. The normalized spacial score (nSPS) is 19.4. The van der Waals surface area contributed by atoms with Crippen LogP contribution in [0.25, 0.3) is 0 Å². The van der Waals surface area contributed by atoms with Crippen LogP contribution in [-0.4, -0.2) is 53.1 Å². The van der Waals surface area contributed by atoms with Crippen LogP contribution in [0.5, 0.6) is 0 Å². The fourth-order valence-electron chi connectivity index (χ4n) is 4.94. The number of fused-ring (bicyclic) bond motifs is 1. The smallest absolute Gasteiger partial charge is 0.338 e. The van der Waals surface area contributed by atoms with E-state index in [0.29, 0.717) is 37.6 Å². The molecule has 7 nitrogen and oxygen atoms in total. The highest BCUT2D eigenvalue weighted by molar-refractivity contribution is 8.16. The molecule has 3 aliphatic heterocycles. The minimum absolute atomic E-state index is 0.0512. The summed E-state index contributed by atoms with van der Waals surface area (Å²) in [6.45, 7) is 8.45. The highest BCUT2D eigenvalue weighted by atomic mass is 32.2. The molecular formula is C29H31N3O4S. The number of benzene rings is 2. The minimum atomic E-state index is -0.435. The first-order valence-electron chi connectivity index (χ1n) is 12.5. The molecule has 2 aromatic carbocycles. The number of amidine groups is 1. The van der Waals surface area contributed by atoms with Crippen molar-refractivity contribution in [3.63, 3.8) is 0 Å². The summed E-state index contributed by atoms with van der Waals surface area (Å²) in [6, 6.07) is 15.5. The summed E-state index contributed by atoms with van der Waals surface area (Å²) in [5, 5.41) is 2.76. The number of amides is 1. The average molecular weight is 518 g/mol. The number of aryl methyl sites for hydroxylation is 2. The lowest BCUT2D eigenvalue weighted by atomic mass is 9.90. The number of ether oxygens (including phenoxy) is 2. The molecule has 1 unspecified atom stereocenters. The van der Waals surface area contributed by atoms with Crippen molar-refractivity contribution in [1.82, 2.24) is 9.80 Å². The lowest BCUT2D eigenvalue weighted by Gasteiger charge is -2.37. The largest absolute Gasteiger partial charge is 0.457 e. The zero-order valence-corrected chi connectivity index (χ0v) is 22.2. The molecule has 8 heteroatoms. The second kappa shape index (κ2) is 10.9. The summed E-state index contributed by atoms with van der Waals surface area (Å²) >= 11 is 1.49. The van der Waals surface area contributed by atoms with Crippen LogP contribution in [0.4, 0.5) is 0 Å². The number of carbonyl (C=O) groups is 2. The van der Waals surface area contributed by atoms with Crippen LogP contribution in [0.1, 0.15) is 41.6 Å². The Labute approximate surface area is 221 Å². The zero-order chi connectivity index (χ0) is 25.9. The third-order valence-electron chi connectivity index (χ3n) is 6.85. The second-order valence-electron chi connectivity index (χ2n) is 9.48. The summed E-state index contributed by atoms with van der Waals surface area (Å²) in [6.07, 6.45) is 0.235. The Balaban J connectivity index is 1.48. The van der Waals surface area contributed by atoms with E-state index in [9.17, 15) is 9.59 Å². The molecule has 0 radical (unpaired) electrons. The van der Waals surface area contributed by atoms with Crippen LogP contribution in [0, 0.1) is 13.8 Å². The van der Waals surface area contributed by atoms with E-state index in [1.54, 1.807) is 0 Å². The first kappa shape index (κ1) is 25.3. The molecule has 5 rings (SSSR count). The number of nitrogens with zero attached hydrogens (tertiary/aromatic N) is 3. The Kier molecular flexibility index (Phi) is 7.48. The SMILES string of the molecule is CC1=C(C(=O)OCc2ccccc2)C(c2ccc(C)cc2C)N2C(CC(=O)N3CCOCC3)=CSC2=N1. The van der Waals surface area contributed by atoms with Crippen LogP contribution in [0.3, 0.4) is 0 Å². The van der Waals surface area contributed by atoms with Crippen molar-refractivity contribution in [3.05, 3.63) is 93.2 Å². The van der Waals surface area contributed by atoms with Gasteiger partial charge in [-0.2, -0.15) is 0 Å².